The monoisotopic (exact) mass is 534 g/mol. The number of nitrogens with zero attached hydrogens (tertiary/aromatic N) is 1. The molecule has 3 aromatic rings. The van der Waals surface area contributed by atoms with E-state index in [1.54, 1.807) is 20.8 Å². The van der Waals surface area contributed by atoms with Gasteiger partial charge in [-0.15, -0.1) is 0 Å². The third kappa shape index (κ3) is 6.32. The third-order valence-corrected chi connectivity index (χ3v) is 6.82. The van der Waals surface area contributed by atoms with Gasteiger partial charge in [0.25, 0.3) is 0 Å². The number of hydrogen-bond acceptors (Lipinski definition) is 1. The van der Waals surface area contributed by atoms with Crippen LogP contribution in [0.25, 0.3) is 22.0 Å². The van der Waals surface area contributed by atoms with Crippen LogP contribution in [0.1, 0.15) is 61.5 Å². The van der Waals surface area contributed by atoms with E-state index in [1.807, 2.05) is 0 Å². The van der Waals surface area contributed by atoms with E-state index in [9.17, 15) is 30.6 Å². The van der Waals surface area contributed by atoms with E-state index in [0.29, 0.717) is 0 Å². The molecule has 0 fully saturated rings. The van der Waals surface area contributed by atoms with Gasteiger partial charge in [-0.3, -0.25) is 0 Å². The molecule has 0 saturated carbocycles. The average Bonchev–Trinajstić information content (AvgIpc) is 3.13. The molecular formula is C26H30F6N2OS. The molecule has 0 spiro atoms. The summed E-state index contributed by atoms with van der Waals surface area (Å²) in [5.41, 5.74) is -2.55. The molecule has 198 valence electrons. The maximum absolute atomic E-state index is 14.3. The number of fused-ring (bicyclic) bond motifs is 1. The Balaban J connectivity index is 2.37. The first-order valence-electron chi connectivity index (χ1n) is 12.1. The highest BCUT2D eigenvalue weighted by atomic mass is 32.2. The number of hydrogen-bond donors (Lipinski definition) is 1. The van der Waals surface area contributed by atoms with Gasteiger partial charge >= 0.3 is 12.4 Å². The van der Waals surface area contributed by atoms with Crippen LogP contribution in [0.4, 0.5) is 26.3 Å². The van der Waals surface area contributed by atoms with Crippen molar-refractivity contribution in [1.82, 2.24) is 9.29 Å². The molecule has 1 heterocycles. The lowest BCUT2D eigenvalue weighted by atomic mass is 9.96. The Kier molecular flexibility index (Phi) is 6.70. The molecule has 1 aromatic heterocycles. The number of aromatic nitrogens is 1. The molecule has 3 nitrogen and oxygen atoms in total. The Morgan fingerprint density at radius 3 is 2.11 bits per heavy atom. The third-order valence-electron chi connectivity index (χ3n) is 5.26. The highest BCUT2D eigenvalue weighted by Crippen LogP contribution is 2.42. The van der Waals surface area contributed by atoms with Gasteiger partial charge in [-0.05, 0) is 49.4 Å². The molecule has 3 rings (SSSR count). The van der Waals surface area contributed by atoms with Crippen molar-refractivity contribution >= 4 is 21.9 Å². The van der Waals surface area contributed by atoms with Crippen molar-refractivity contribution in [3.63, 3.8) is 0 Å². The Hall–Kier alpha value is -2.33. The molecule has 0 radical (unpaired) electrons. The van der Waals surface area contributed by atoms with E-state index < -0.39 is 51.6 Å². The first-order valence-corrected chi connectivity index (χ1v) is 12.3. The number of alkyl halides is 6. The first kappa shape index (κ1) is 25.3. The minimum atomic E-state index is -4.91. The Morgan fingerprint density at radius 2 is 1.58 bits per heavy atom. The SMILES string of the molecule is [2H]C([2H])(n1cc([C@H](N[S@@](=O)C(C)(C)C)C(F)(F)F)c2ccc(-c3ccccc3C(F)(F)F)cc21)C(C)(C)C. The second kappa shape index (κ2) is 9.52. The molecule has 0 unspecified atom stereocenters. The maximum Gasteiger partial charge on any atom is 0.417 e. The summed E-state index contributed by atoms with van der Waals surface area (Å²) in [5, 5.41) is -0.0212. The van der Waals surface area contributed by atoms with Gasteiger partial charge in [0.2, 0.25) is 0 Å². The molecule has 10 heteroatoms. The highest BCUT2D eigenvalue weighted by Gasteiger charge is 2.44. The zero-order valence-electron chi connectivity index (χ0n) is 22.7. The molecule has 36 heavy (non-hydrogen) atoms. The summed E-state index contributed by atoms with van der Waals surface area (Å²) in [4.78, 5) is 0. The number of halogens is 6. The van der Waals surface area contributed by atoms with Crippen LogP contribution in [-0.4, -0.2) is 19.7 Å². The molecule has 0 bridgehead atoms. The summed E-state index contributed by atoms with van der Waals surface area (Å²) >= 11 is 0. The van der Waals surface area contributed by atoms with Crippen molar-refractivity contribution in [2.75, 3.05) is 0 Å². The number of benzene rings is 2. The smallest absolute Gasteiger partial charge is 0.347 e. The summed E-state index contributed by atoms with van der Waals surface area (Å²) in [7, 11) is -2.13. The van der Waals surface area contributed by atoms with Crippen LogP contribution in [0, 0.1) is 5.41 Å². The van der Waals surface area contributed by atoms with Crippen molar-refractivity contribution < 1.29 is 33.3 Å². The van der Waals surface area contributed by atoms with Crippen molar-refractivity contribution in [1.29, 1.82) is 0 Å². The summed E-state index contributed by atoms with van der Waals surface area (Å²) in [6.45, 7) is 6.98. The Morgan fingerprint density at radius 1 is 0.972 bits per heavy atom. The largest absolute Gasteiger partial charge is 0.417 e. The molecule has 0 saturated heterocycles. The van der Waals surface area contributed by atoms with Crippen LogP contribution < -0.4 is 4.72 Å². The minimum Gasteiger partial charge on any atom is -0.347 e. The van der Waals surface area contributed by atoms with Crippen LogP contribution in [-0.2, 0) is 23.7 Å². The van der Waals surface area contributed by atoms with Gasteiger partial charge in [0, 0.05) is 29.2 Å². The maximum atomic E-state index is 14.3. The van der Waals surface area contributed by atoms with E-state index in [2.05, 4.69) is 4.72 Å². The fourth-order valence-corrected chi connectivity index (χ4v) is 4.51. The Bertz CT molecular complexity index is 1350. The normalized spacial score (nSPS) is 16.6. The van der Waals surface area contributed by atoms with E-state index >= 15 is 0 Å². The standard InChI is InChI=1S/C26H30F6N2OS/c1-23(2,3)15-34-14-19(22(26(30,31)32)33-36(35)24(4,5)6)18-12-11-16(13-21(18)34)17-9-7-8-10-20(17)25(27,28)29/h7-14,22,33H,15H2,1-6H3/t22-,36-/m0/s1/i15D2. The Labute approximate surface area is 212 Å². The van der Waals surface area contributed by atoms with Gasteiger partial charge in [-0.1, -0.05) is 51.1 Å². The van der Waals surface area contributed by atoms with Crippen LogP contribution in [0.2, 0.25) is 0 Å². The lowest BCUT2D eigenvalue weighted by molar-refractivity contribution is -0.152. The summed E-state index contributed by atoms with van der Waals surface area (Å²) in [6.07, 6.45) is -8.57. The van der Waals surface area contributed by atoms with Gasteiger partial charge in [-0.25, -0.2) is 8.93 Å². The molecule has 1 N–H and O–H groups in total. The van der Waals surface area contributed by atoms with Gasteiger partial charge in [0.15, 0.2) is 0 Å². The quantitative estimate of drug-likeness (QED) is 0.331. The molecule has 2 atom stereocenters. The zero-order valence-corrected chi connectivity index (χ0v) is 21.5. The van der Waals surface area contributed by atoms with Gasteiger partial charge in [0.05, 0.1) is 24.0 Å². The van der Waals surface area contributed by atoms with Crippen molar-refractivity contribution in [3.05, 3.63) is 59.8 Å². The summed E-state index contributed by atoms with van der Waals surface area (Å²) in [6, 6.07) is 6.19. The molecule has 0 aliphatic carbocycles. The van der Waals surface area contributed by atoms with E-state index in [-0.39, 0.29) is 27.6 Å². The van der Waals surface area contributed by atoms with Gasteiger partial charge < -0.3 is 4.57 Å². The second-order valence-electron chi connectivity index (χ2n) is 10.6. The van der Waals surface area contributed by atoms with E-state index in [1.165, 1.54) is 57.2 Å². The van der Waals surface area contributed by atoms with Crippen LogP contribution in [0.3, 0.4) is 0 Å². The van der Waals surface area contributed by atoms with Crippen molar-refractivity contribution in [2.24, 2.45) is 5.41 Å². The van der Waals surface area contributed by atoms with Crippen molar-refractivity contribution in [3.8, 4) is 11.1 Å². The van der Waals surface area contributed by atoms with Crippen molar-refractivity contribution in [2.45, 2.75) is 71.2 Å². The fourth-order valence-electron chi connectivity index (χ4n) is 3.68. The zero-order chi connectivity index (χ0) is 29.1. The lowest BCUT2D eigenvalue weighted by Crippen LogP contribution is -2.41. The predicted molar refractivity (Wildman–Crippen MR) is 132 cm³/mol. The first-order chi connectivity index (χ1) is 17.1. The minimum absolute atomic E-state index is 0.0212. The van der Waals surface area contributed by atoms with E-state index in [4.69, 9.17) is 2.74 Å². The van der Waals surface area contributed by atoms with Crippen LogP contribution >= 0.6 is 0 Å². The molecule has 0 aliphatic heterocycles. The van der Waals surface area contributed by atoms with E-state index in [0.717, 1.165) is 16.8 Å². The van der Waals surface area contributed by atoms with Crippen LogP contribution in [0.5, 0.6) is 0 Å². The fraction of sp³-hybridized carbons (Fsp3) is 0.462. The van der Waals surface area contributed by atoms with Crippen LogP contribution in [0.15, 0.2) is 48.7 Å². The topological polar surface area (TPSA) is 34.0 Å². The lowest BCUT2D eigenvalue weighted by Gasteiger charge is -2.26. The average molecular weight is 535 g/mol. The number of rotatable bonds is 5. The molecule has 2 aromatic carbocycles. The van der Waals surface area contributed by atoms with Gasteiger partial charge in [0.1, 0.15) is 6.04 Å². The summed E-state index contributed by atoms with van der Waals surface area (Å²) in [5.74, 6) is 0. The highest BCUT2D eigenvalue weighted by molar-refractivity contribution is 7.84. The predicted octanol–water partition coefficient (Wildman–Crippen LogP) is 8.03. The molecule has 0 aliphatic rings. The number of nitrogens with one attached hydrogen (secondary N) is 1. The summed E-state index contributed by atoms with van der Waals surface area (Å²) < 4.78 is 116. The van der Waals surface area contributed by atoms with Gasteiger partial charge in [-0.2, -0.15) is 26.3 Å². The molecule has 0 amide bonds. The second-order valence-corrected chi connectivity index (χ2v) is 12.6. The molecular weight excluding hydrogens is 502 g/mol.